The van der Waals surface area contributed by atoms with Crippen LogP contribution in [0.2, 0.25) is 0 Å². The summed E-state index contributed by atoms with van der Waals surface area (Å²) in [6, 6.07) is 4.29. The zero-order chi connectivity index (χ0) is 15.4. The van der Waals surface area contributed by atoms with Crippen molar-refractivity contribution in [3.05, 3.63) is 22.4 Å². The normalized spacial score (nSPS) is 26.5. The van der Waals surface area contributed by atoms with E-state index in [0.29, 0.717) is 6.54 Å². The Morgan fingerprint density at radius 2 is 2.14 bits per heavy atom. The molecule has 22 heavy (non-hydrogen) atoms. The number of rotatable bonds is 5. The third-order valence-electron chi connectivity index (χ3n) is 4.58. The van der Waals surface area contributed by atoms with Gasteiger partial charge in [-0.2, -0.15) is 0 Å². The standard InChI is InChI=1S/C16H25N3O2S/c17-12-13-3-4-15(21-13)16(20)19-9-7-18(8-10-19)6-5-14-2-1-11-22-14/h1-2,11,13,15H,3-10,12,17H2/t13-,15+/m1/s1. The van der Waals surface area contributed by atoms with Crippen LogP contribution >= 0.6 is 11.3 Å². The first-order chi connectivity index (χ1) is 10.8. The van der Waals surface area contributed by atoms with Crippen molar-refractivity contribution in [3.8, 4) is 0 Å². The summed E-state index contributed by atoms with van der Waals surface area (Å²) in [4.78, 5) is 18.3. The van der Waals surface area contributed by atoms with E-state index in [1.54, 1.807) is 0 Å². The Morgan fingerprint density at radius 1 is 1.32 bits per heavy atom. The van der Waals surface area contributed by atoms with Crippen LogP contribution in [0.5, 0.6) is 0 Å². The molecule has 1 amide bonds. The molecule has 3 rings (SSSR count). The van der Waals surface area contributed by atoms with Gasteiger partial charge in [-0.25, -0.2) is 0 Å². The van der Waals surface area contributed by atoms with Crippen molar-refractivity contribution in [2.24, 2.45) is 5.73 Å². The van der Waals surface area contributed by atoms with Crippen molar-refractivity contribution in [3.63, 3.8) is 0 Å². The molecule has 1 aromatic rings. The Labute approximate surface area is 136 Å². The van der Waals surface area contributed by atoms with E-state index in [4.69, 9.17) is 10.5 Å². The Balaban J connectivity index is 1.40. The molecule has 2 aliphatic rings. The average Bonchev–Trinajstić information content (AvgIpc) is 3.24. The van der Waals surface area contributed by atoms with Gasteiger partial charge in [0.1, 0.15) is 6.10 Å². The zero-order valence-corrected chi connectivity index (χ0v) is 13.8. The number of hydrogen-bond donors (Lipinski definition) is 1. The molecule has 0 spiro atoms. The summed E-state index contributed by atoms with van der Waals surface area (Å²) in [5.74, 6) is 0.161. The largest absolute Gasteiger partial charge is 0.364 e. The first kappa shape index (κ1) is 15.9. The molecule has 2 atom stereocenters. The molecule has 2 fully saturated rings. The summed E-state index contributed by atoms with van der Waals surface area (Å²) >= 11 is 1.82. The minimum Gasteiger partial charge on any atom is -0.364 e. The van der Waals surface area contributed by atoms with Gasteiger partial charge >= 0.3 is 0 Å². The molecular formula is C16H25N3O2S. The van der Waals surface area contributed by atoms with Crippen molar-refractivity contribution >= 4 is 17.2 Å². The molecular weight excluding hydrogens is 298 g/mol. The van der Waals surface area contributed by atoms with E-state index in [0.717, 1.165) is 52.0 Å². The van der Waals surface area contributed by atoms with Gasteiger partial charge in [-0.05, 0) is 30.7 Å². The van der Waals surface area contributed by atoms with E-state index in [9.17, 15) is 4.79 Å². The van der Waals surface area contributed by atoms with Gasteiger partial charge in [0.2, 0.25) is 0 Å². The molecule has 0 aromatic carbocycles. The number of carbonyl (C=O) groups excluding carboxylic acids is 1. The Hall–Kier alpha value is -0.950. The number of ether oxygens (including phenoxy) is 1. The summed E-state index contributed by atoms with van der Waals surface area (Å²) in [5, 5.41) is 2.13. The maximum Gasteiger partial charge on any atom is 0.251 e. The van der Waals surface area contributed by atoms with E-state index in [1.807, 2.05) is 16.2 Å². The van der Waals surface area contributed by atoms with Crippen LogP contribution in [0, 0.1) is 0 Å². The lowest BCUT2D eigenvalue weighted by molar-refractivity contribution is -0.144. The van der Waals surface area contributed by atoms with Crippen LogP contribution in [0.3, 0.4) is 0 Å². The lowest BCUT2D eigenvalue weighted by Gasteiger charge is -2.35. The number of hydrogen-bond acceptors (Lipinski definition) is 5. The minimum atomic E-state index is -0.258. The molecule has 5 nitrogen and oxygen atoms in total. The van der Waals surface area contributed by atoms with Gasteiger partial charge in [0.15, 0.2) is 0 Å². The molecule has 0 saturated carbocycles. The fourth-order valence-electron chi connectivity index (χ4n) is 3.18. The molecule has 0 unspecified atom stereocenters. The molecule has 1 aromatic heterocycles. The van der Waals surface area contributed by atoms with E-state index in [2.05, 4.69) is 22.4 Å². The van der Waals surface area contributed by atoms with Crippen molar-refractivity contribution in [2.75, 3.05) is 39.3 Å². The number of nitrogens with zero attached hydrogens (tertiary/aromatic N) is 2. The second kappa shape index (κ2) is 7.55. The second-order valence-electron chi connectivity index (χ2n) is 6.06. The van der Waals surface area contributed by atoms with E-state index in [-0.39, 0.29) is 18.1 Å². The summed E-state index contributed by atoms with van der Waals surface area (Å²) in [6.07, 6.45) is 2.65. The summed E-state index contributed by atoms with van der Waals surface area (Å²) in [5.41, 5.74) is 5.61. The third kappa shape index (κ3) is 3.87. The quantitative estimate of drug-likeness (QED) is 0.876. The van der Waals surface area contributed by atoms with Gasteiger partial charge in [0.25, 0.3) is 5.91 Å². The lowest BCUT2D eigenvalue weighted by atomic mass is 10.1. The highest BCUT2D eigenvalue weighted by Gasteiger charge is 2.33. The molecule has 6 heteroatoms. The number of piperazine rings is 1. The summed E-state index contributed by atoms with van der Waals surface area (Å²) in [7, 11) is 0. The zero-order valence-electron chi connectivity index (χ0n) is 12.9. The first-order valence-electron chi connectivity index (χ1n) is 8.15. The second-order valence-corrected chi connectivity index (χ2v) is 7.09. The van der Waals surface area contributed by atoms with Crippen LogP contribution in [-0.4, -0.2) is 67.2 Å². The number of amides is 1. The van der Waals surface area contributed by atoms with Crippen LogP contribution in [0.15, 0.2) is 17.5 Å². The topological polar surface area (TPSA) is 58.8 Å². The molecule has 0 bridgehead atoms. The van der Waals surface area contributed by atoms with Crippen LogP contribution in [0.25, 0.3) is 0 Å². The third-order valence-corrected chi connectivity index (χ3v) is 5.52. The van der Waals surface area contributed by atoms with Crippen molar-refractivity contribution in [1.82, 2.24) is 9.80 Å². The monoisotopic (exact) mass is 323 g/mol. The molecule has 0 aliphatic carbocycles. The maximum absolute atomic E-state index is 12.5. The first-order valence-corrected chi connectivity index (χ1v) is 9.03. The summed E-state index contributed by atoms with van der Waals surface area (Å²) in [6.45, 7) is 5.15. The fourth-order valence-corrected chi connectivity index (χ4v) is 3.88. The van der Waals surface area contributed by atoms with E-state index < -0.39 is 0 Å². The maximum atomic E-state index is 12.5. The van der Waals surface area contributed by atoms with Crippen molar-refractivity contribution in [1.29, 1.82) is 0 Å². The predicted molar refractivity (Wildman–Crippen MR) is 88.0 cm³/mol. The van der Waals surface area contributed by atoms with Gasteiger partial charge in [-0.1, -0.05) is 6.07 Å². The highest BCUT2D eigenvalue weighted by molar-refractivity contribution is 7.09. The molecule has 2 saturated heterocycles. The average molecular weight is 323 g/mol. The van der Waals surface area contributed by atoms with Gasteiger partial charge in [-0.15, -0.1) is 11.3 Å². The highest BCUT2D eigenvalue weighted by Crippen LogP contribution is 2.21. The van der Waals surface area contributed by atoms with Crippen LogP contribution in [-0.2, 0) is 16.0 Å². The Morgan fingerprint density at radius 3 is 2.77 bits per heavy atom. The van der Waals surface area contributed by atoms with Crippen molar-refractivity contribution in [2.45, 2.75) is 31.5 Å². The number of nitrogens with two attached hydrogens (primary N) is 1. The number of thiophene rings is 1. The van der Waals surface area contributed by atoms with Gasteiger partial charge in [0.05, 0.1) is 6.10 Å². The molecule has 3 heterocycles. The summed E-state index contributed by atoms with van der Waals surface area (Å²) < 4.78 is 5.72. The molecule has 122 valence electrons. The van der Waals surface area contributed by atoms with Crippen LogP contribution in [0.1, 0.15) is 17.7 Å². The SMILES string of the molecule is NC[C@H]1CC[C@@H](C(=O)N2CCN(CCc3cccs3)CC2)O1. The van der Waals surface area contributed by atoms with Gasteiger partial charge < -0.3 is 15.4 Å². The van der Waals surface area contributed by atoms with E-state index >= 15 is 0 Å². The Kier molecular flexibility index (Phi) is 5.46. The van der Waals surface area contributed by atoms with Crippen LogP contribution < -0.4 is 5.73 Å². The lowest BCUT2D eigenvalue weighted by Crippen LogP contribution is -2.51. The van der Waals surface area contributed by atoms with E-state index in [1.165, 1.54) is 4.88 Å². The van der Waals surface area contributed by atoms with Crippen LogP contribution in [0.4, 0.5) is 0 Å². The fraction of sp³-hybridized carbons (Fsp3) is 0.688. The van der Waals surface area contributed by atoms with Crippen molar-refractivity contribution < 1.29 is 9.53 Å². The molecule has 0 radical (unpaired) electrons. The number of carbonyl (C=O) groups is 1. The minimum absolute atomic E-state index is 0.0704. The molecule has 2 aliphatic heterocycles. The molecule has 2 N–H and O–H groups in total. The Bertz CT molecular complexity index is 472. The smallest absolute Gasteiger partial charge is 0.251 e. The highest BCUT2D eigenvalue weighted by atomic mass is 32.1. The predicted octanol–water partition coefficient (Wildman–Crippen LogP) is 0.941. The van der Waals surface area contributed by atoms with Gasteiger partial charge in [0, 0.05) is 44.1 Å². The van der Waals surface area contributed by atoms with Gasteiger partial charge in [-0.3, -0.25) is 9.69 Å².